The number of carbonyl (C=O) groups is 1. The maximum absolute atomic E-state index is 13.4. The van der Waals surface area contributed by atoms with E-state index in [0.717, 1.165) is 12.1 Å². The van der Waals surface area contributed by atoms with Gasteiger partial charge >= 0.3 is 0 Å². The summed E-state index contributed by atoms with van der Waals surface area (Å²) >= 11 is 6.37. The highest BCUT2D eigenvalue weighted by atomic mass is 35.5. The normalized spacial score (nSPS) is 17.7. The van der Waals surface area contributed by atoms with E-state index in [9.17, 15) is 22.0 Å². The van der Waals surface area contributed by atoms with E-state index in [1.165, 1.54) is 6.07 Å². The lowest BCUT2D eigenvalue weighted by atomic mass is 10.0. The Labute approximate surface area is 171 Å². The number of nitrogens with zero attached hydrogens (tertiary/aromatic N) is 1. The van der Waals surface area contributed by atoms with Crippen LogP contribution in [0.1, 0.15) is 29.5 Å². The van der Waals surface area contributed by atoms with E-state index in [-0.39, 0.29) is 34.5 Å². The van der Waals surface area contributed by atoms with Gasteiger partial charge in [-0.1, -0.05) is 11.6 Å². The quantitative estimate of drug-likeness (QED) is 0.740. The molecule has 1 aromatic heterocycles. The Balaban J connectivity index is 1.71. The van der Waals surface area contributed by atoms with Gasteiger partial charge < -0.3 is 14.6 Å². The van der Waals surface area contributed by atoms with E-state index in [1.807, 2.05) is 0 Å². The monoisotopic (exact) mass is 445 g/mol. The van der Waals surface area contributed by atoms with Crippen LogP contribution in [0.15, 0.2) is 23.1 Å². The average molecular weight is 446 g/mol. The summed E-state index contributed by atoms with van der Waals surface area (Å²) in [5.41, 5.74) is -0.287. The maximum atomic E-state index is 13.4. The van der Waals surface area contributed by atoms with Crippen LogP contribution in [0.2, 0.25) is 5.02 Å². The smallest absolute Gasteiger partial charge is 0.273 e. The summed E-state index contributed by atoms with van der Waals surface area (Å²) in [4.78, 5) is 12.7. The molecule has 0 radical (unpaired) electrons. The van der Waals surface area contributed by atoms with Gasteiger partial charge in [-0.25, -0.2) is 21.9 Å². The molecule has 1 saturated heterocycles. The highest BCUT2D eigenvalue weighted by Gasteiger charge is 2.42. The second-order valence-electron chi connectivity index (χ2n) is 7.44. The lowest BCUT2D eigenvalue weighted by molar-refractivity contribution is -0.0523. The third-order valence-corrected chi connectivity index (χ3v) is 7.16. The first-order chi connectivity index (χ1) is 13.6. The fourth-order valence-corrected chi connectivity index (χ4v) is 5.94. The number of hydrogen-bond donors (Lipinski definition) is 2. The Morgan fingerprint density at radius 2 is 2.00 bits per heavy atom. The van der Waals surface area contributed by atoms with Crippen LogP contribution >= 0.6 is 11.6 Å². The largest absolute Gasteiger partial charge is 0.377 e. The highest BCUT2D eigenvalue weighted by Crippen LogP contribution is 2.37. The van der Waals surface area contributed by atoms with E-state index in [4.69, 9.17) is 16.3 Å². The van der Waals surface area contributed by atoms with Gasteiger partial charge in [0.05, 0.1) is 23.8 Å². The van der Waals surface area contributed by atoms with E-state index < -0.39 is 33.1 Å². The van der Waals surface area contributed by atoms with Crippen molar-refractivity contribution in [2.75, 3.05) is 18.5 Å². The average Bonchev–Trinajstić information content (AvgIpc) is 3.15. The summed E-state index contributed by atoms with van der Waals surface area (Å²) in [6, 6.07) is 2.93. The van der Waals surface area contributed by atoms with Crippen molar-refractivity contribution in [2.24, 2.45) is 0 Å². The molecule has 4 rings (SSSR count). The molecule has 2 aromatic rings. The molecule has 11 heteroatoms. The lowest BCUT2D eigenvalue weighted by Crippen LogP contribution is -2.59. The van der Waals surface area contributed by atoms with Gasteiger partial charge in [0.25, 0.3) is 5.91 Å². The van der Waals surface area contributed by atoms with E-state index in [0.29, 0.717) is 25.1 Å². The number of nitrogens with one attached hydrogen (secondary N) is 2. The molecular formula is C18H18ClF2N3O4S. The minimum atomic E-state index is -4.00. The van der Waals surface area contributed by atoms with Gasteiger partial charge in [-0.3, -0.25) is 4.79 Å². The summed E-state index contributed by atoms with van der Waals surface area (Å²) in [6.45, 7) is 2.62. The molecule has 2 aliphatic heterocycles. The van der Waals surface area contributed by atoms with Gasteiger partial charge in [-0.15, -0.1) is 0 Å². The van der Waals surface area contributed by atoms with Crippen LogP contribution in [-0.2, 0) is 27.7 Å². The fourth-order valence-electron chi connectivity index (χ4n) is 3.61. The number of benzene rings is 1. The lowest BCUT2D eigenvalue weighted by Gasteiger charge is -2.38. The van der Waals surface area contributed by atoms with Crippen molar-refractivity contribution < 1.29 is 26.7 Å². The number of anilines is 1. The van der Waals surface area contributed by atoms with E-state index in [2.05, 4.69) is 10.0 Å². The number of aromatic nitrogens is 1. The van der Waals surface area contributed by atoms with Gasteiger partial charge in [0.1, 0.15) is 10.6 Å². The number of hydrogen-bond acceptors (Lipinski definition) is 4. The molecule has 0 saturated carbocycles. The van der Waals surface area contributed by atoms with Crippen LogP contribution in [0.3, 0.4) is 0 Å². The maximum Gasteiger partial charge on any atom is 0.273 e. The predicted molar refractivity (Wildman–Crippen MR) is 102 cm³/mol. The van der Waals surface area contributed by atoms with Crippen LogP contribution in [0.25, 0.3) is 0 Å². The summed E-state index contributed by atoms with van der Waals surface area (Å²) in [5.74, 6) is -2.86. The van der Waals surface area contributed by atoms with Crippen LogP contribution in [-0.4, -0.2) is 37.6 Å². The number of sulfonamides is 1. The van der Waals surface area contributed by atoms with Crippen molar-refractivity contribution in [2.45, 2.75) is 36.7 Å². The minimum absolute atomic E-state index is 0.0279. The Bertz CT molecular complexity index is 1110. The first-order valence-electron chi connectivity index (χ1n) is 8.90. The van der Waals surface area contributed by atoms with Gasteiger partial charge in [0.15, 0.2) is 11.6 Å². The number of ether oxygens (including phenoxy) is 1. The number of amides is 1. The molecule has 29 heavy (non-hydrogen) atoms. The summed E-state index contributed by atoms with van der Waals surface area (Å²) in [5, 5.41) is 2.25. The fraction of sp³-hybridized carbons (Fsp3) is 0.389. The number of fused-ring (bicyclic) bond motifs is 1. The number of rotatable bonds is 5. The summed E-state index contributed by atoms with van der Waals surface area (Å²) in [7, 11) is -4.00. The molecule has 2 aliphatic rings. The second kappa shape index (κ2) is 7.05. The zero-order valence-corrected chi connectivity index (χ0v) is 17.0. The van der Waals surface area contributed by atoms with Gasteiger partial charge in [0, 0.05) is 24.0 Å². The second-order valence-corrected chi connectivity index (χ2v) is 9.43. The third kappa shape index (κ3) is 3.54. The molecule has 156 valence electrons. The molecule has 3 heterocycles. The van der Waals surface area contributed by atoms with Crippen molar-refractivity contribution >= 4 is 33.2 Å². The molecule has 7 nitrogen and oxygen atoms in total. The van der Waals surface area contributed by atoms with E-state index >= 15 is 0 Å². The van der Waals surface area contributed by atoms with Crippen molar-refractivity contribution in [3.63, 3.8) is 0 Å². The van der Waals surface area contributed by atoms with Crippen molar-refractivity contribution in [1.29, 1.82) is 0 Å². The summed E-state index contributed by atoms with van der Waals surface area (Å²) in [6.07, 6.45) is 1.10. The standard InChI is InChI=1S/C18H18ClF2N3O4S/c1-18(8-28-9-18)23-29(26,27)16-13-3-2-6-24(13)15(14(16)19)17(25)22-10-4-5-11(20)12(21)7-10/h4-5,7,23H,2-3,6,8-9H2,1H3,(H,22,25). The number of carbonyl (C=O) groups excluding carboxylic acids is 1. The molecule has 0 atom stereocenters. The van der Waals surface area contributed by atoms with Crippen LogP contribution in [0, 0.1) is 11.6 Å². The topological polar surface area (TPSA) is 89.4 Å². The Kier molecular flexibility index (Phi) is 4.93. The molecule has 1 aromatic carbocycles. The first-order valence-corrected chi connectivity index (χ1v) is 10.8. The minimum Gasteiger partial charge on any atom is -0.377 e. The zero-order chi connectivity index (χ0) is 21.0. The van der Waals surface area contributed by atoms with Crippen molar-refractivity contribution in [3.8, 4) is 0 Å². The number of halogens is 3. The van der Waals surface area contributed by atoms with E-state index in [1.54, 1.807) is 11.5 Å². The third-order valence-electron chi connectivity index (χ3n) is 4.94. The molecule has 0 bridgehead atoms. The first kappa shape index (κ1) is 20.3. The Morgan fingerprint density at radius 3 is 2.62 bits per heavy atom. The molecular weight excluding hydrogens is 428 g/mol. The molecule has 1 fully saturated rings. The Morgan fingerprint density at radius 1 is 1.28 bits per heavy atom. The molecule has 1 amide bonds. The van der Waals surface area contributed by atoms with Crippen molar-refractivity contribution in [3.05, 3.63) is 46.2 Å². The van der Waals surface area contributed by atoms with Gasteiger partial charge in [-0.2, -0.15) is 0 Å². The molecule has 0 spiro atoms. The Hall–Kier alpha value is -2.01. The molecule has 0 aliphatic carbocycles. The zero-order valence-electron chi connectivity index (χ0n) is 15.4. The predicted octanol–water partition coefficient (Wildman–Crippen LogP) is 2.69. The molecule has 0 unspecified atom stereocenters. The van der Waals surface area contributed by atoms with Gasteiger partial charge in [0.2, 0.25) is 10.0 Å². The van der Waals surface area contributed by atoms with Crippen LogP contribution < -0.4 is 10.0 Å². The van der Waals surface area contributed by atoms with Crippen molar-refractivity contribution in [1.82, 2.24) is 9.29 Å². The van der Waals surface area contributed by atoms with Crippen LogP contribution in [0.4, 0.5) is 14.5 Å². The SMILES string of the molecule is CC1(NS(=O)(=O)c2c(Cl)c(C(=O)Nc3ccc(F)c(F)c3)n3c2CCC3)COC1. The van der Waals surface area contributed by atoms with Gasteiger partial charge in [-0.05, 0) is 31.9 Å². The summed E-state index contributed by atoms with van der Waals surface area (Å²) < 4.78 is 61.8. The molecule has 2 N–H and O–H groups in total. The van der Waals surface area contributed by atoms with Crippen LogP contribution in [0.5, 0.6) is 0 Å². The highest BCUT2D eigenvalue weighted by molar-refractivity contribution is 7.89.